The molecule has 0 N–H and O–H groups in total. The number of hydrogen-bond acceptors (Lipinski definition) is 3. The smallest absolute Gasteiger partial charge is 0.164 e. The van der Waals surface area contributed by atoms with Crippen molar-refractivity contribution in [2.45, 2.75) is 20.3 Å². The van der Waals surface area contributed by atoms with Gasteiger partial charge in [-0.3, -0.25) is 0 Å². The van der Waals surface area contributed by atoms with E-state index in [9.17, 15) is 0 Å². The number of benzene rings is 1. The van der Waals surface area contributed by atoms with Crippen molar-refractivity contribution in [3.63, 3.8) is 0 Å². The zero-order chi connectivity index (χ0) is 12.8. The van der Waals surface area contributed by atoms with Gasteiger partial charge in [0, 0.05) is 11.6 Å². The minimum atomic E-state index is 0.698. The van der Waals surface area contributed by atoms with Crippen molar-refractivity contribution in [1.82, 2.24) is 0 Å². The Balaban J connectivity index is 3.19. The minimum absolute atomic E-state index is 0.698. The van der Waals surface area contributed by atoms with E-state index in [1.54, 1.807) is 21.3 Å². The van der Waals surface area contributed by atoms with E-state index in [4.69, 9.17) is 14.2 Å². The summed E-state index contributed by atoms with van der Waals surface area (Å²) in [5, 5.41) is 0. The molecule has 0 fully saturated rings. The van der Waals surface area contributed by atoms with Gasteiger partial charge in [0.2, 0.25) is 0 Å². The average Bonchev–Trinajstić information content (AvgIpc) is 2.34. The summed E-state index contributed by atoms with van der Waals surface area (Å²) in [6, 6.07) is 3.80. The minimum Gasteiger partial charge on any atom is -0.497 e. The van der Waals surface area contributed by atoms with Gasteiger partial charge in [-0.25, -0.2) is 0 Å². The molecule has 0 amide bonds. The maximum atomic E-state index is 5.39. The lowest BCUT2D eigenvalue weighted by Gasteiger charge is -2.13. The van der Waals surface area contributed by atoms with Gasteiger partial charge in [0.05, 0.1) is 21.3 Å². The van der Waals surface area contributed by atoms with Crippen LogP contribution in [0.2, 0.25) is 0 Å². The molecule has 0 saturated carbocycles. The van der Waals surface area contributed by atoms with Crippen LogP contribution < -0.4 is 14.2 Å². The first-order chi connectivity index (χ1) is 8.12. The number of rotatable bonds is 5. The molecule has 17 heavy (non-hydrogen) atoms. The van der Waals surface area contributed by atoms with Crippen LogP contribution >= 0.6 is 0 Å². The lowest BCUT2D eigenvalue weighted by Crippen LogP contribution is -1.97. The predicted molar refractivity (Wildman–Crippen MR) is 69.2 cm³/mol. The zero-order valence-corrected chi connectivity index (χ0v) is 11.2. The number of allylic oxidation sites excluding steroid dienone is 2. The maximum Gasteiger partial charge on any atom is 0.164 e. The molecule has 94 valence electrons. The Labute approximate surface area is 103 Å². The number of ether oxygens (including phenoxy) is 3. The summed E-state index contributed by atoms with van der Waals surface area (Å²) in [4.78, 5) is 0. The second-order valence-corrected chi connectivity index (χ2v) is 4.01. The highest BCUT2D eigenvalue weighted by molar-refractivity contribution is 5.52. The molecule has 0 aromatic heterocycles. The van der Waals surface area contributed by atoms with Gasteiger partial charge >= 0.3 is 0 Å². The van der Waals surface area contributed by atoms with Gasteiger partial charge in [0.1, 0.15) is 5.75 Å². The van der Waals surface area contributed by atoms with Crippen LogP contribution in [0.3, 0.4) is 0 Å². The van der Waals surface area contributed by atoms with Crippen molar-refractivity contribution in [3.05, 3.63) is 29.3 Å². The van der Waals surface area contributed by atoms with E-state index in [2.05, 4.69) is 19.9 Å². The van der Waals surface area contributed by atoms with Crippen LogP contribution in [0.15, 0.2) is 23.8 Å². The highest BCUT2D eigenvalue weighted by atomic mass is 16.5. The topological polar surface area (TPSA) is 27.7 Å². The Hall–Kier alpha value is -1.64. The normalized spacial score (nSPS) is 9.71. The highest BCUT2D eigenvalue weighted by Crippen LogP contribution is 2.36. The monoisotopic (exact) mass is 236 g/mol. The molecule has 0 aliphatic carbocycles. The molecule has 0 aliphatic heterocycles. The molecule has 0 bridgehead atoms. The molecule has 0 aliphatic rings. The van der Waals surface area contributed by atoms with Crippen molar-refractivity contribution in [2.24, 2.45) is 0 Å². The van der Waals surface area contributed by atoms with Gasteiger partial charge in [0.15, 0.2) is 11.5 Å². The van der Waals surface area contributed by atoms with Crippen molar-refractivity contribution < 1.29 is 14.2 Å². The van der Waals surface area contributed by atoms with Gasteiger partial charge in [0.25, 0.3) is 0 Å². The second-order valence-electron chi connectivity index (χ2n) is 4.01. The molecular formula is C14H20O3. The maximum absolute atomic E-state index is 5.39. The van der Waals surface area contributed by atoms with Crippen LogP contribution in [0, 0.1) is 0 Å². The van der Waals surface area contributed by atoms with Gasteiger partial charge < -0.3 is 14.2 Å². The highest BCUT2D eigenvalue weighted by Gasteiger charge is 2.11. The van der Waals surface area contributed by atoms with E-state index in [1.807, 2.05) is 12.1 Å². The van der Waals surface area contributed by atoms with Crippen LogP contribution in [0.5, 0.6) is 17.2 Å². The molecule has 0 unspecified atom stereocenters. The summed E-state index contributed by atoms with van der Waals surface area (Å²) in [7, 11) is 4.92. The van der Waals surface area contributed by atoms with Gasteiger partial charge in [-0.1, -0.05) is 11.6 Å². The third-order valence-corrected chi connectivity index (χ3v) is 2.50. The molecule has 1 aromatic rings. The standard InChI is InChI=1S/C14H20O3/c1-10(2)6-7-11-8-12(15-3)9-13(16-4)14(11)17-5/h6,8-9H,7H2,1-5H3. The van der Waals surface area contributed by atoms with E-state index in [1.165, 1.54) is 5.57 Å². The molecule has 1 aromatic carbocycles. The van der Waals surface area contributed by atoms with Crippen LogP contribution in [-0.4, -0.2) is 21.3 Å². The van der Waals surface area contributed by atoms with E-state index < -0.39 is 0 Å². The quantitative estimate of drug-likeness (QED) is 0.735. The third kappa shape index (κ3) is 3.41. The molecule has 1 rings (SSSR count). The third-order valence-electron chi connectivity index (χ3n) is 2.50. The molecular weight excluding hydrogens is 216 g/mol. The molecule has 0 spiro atoms. The van der Waals surface area contributed by atoms with Crippen LogP contribution in [-0.2, 0) is 6.42 Å². The van der Waals surface area contributed by atoms with E-state index in [-0.39, 0.29) is 0 Å². The molecule has 0 heterocycles. The van der Waals surface area contributed by atoms with E-state index >= 15 is 0 Å². The Bertz CT molecular complexity index is 404. The lowest BCUT2D eigenvalue weighted by molar-refractivity contribution is 0.346. The summed E-state index contributed by atoms with van der Waals surface area (Å²) in [5.74, 6) is 2.25. The Kier molecular flexibility index (Phi) is 4.88. The van der Waals surface area contributed by atoms with Gasteiger partial charge in [-0.05, 0) is 26.3 Å². The van der Waals surface area contributed by atoms with Crippen molar-refractivity contribution in [2.75, 3.05) is 21.3 Å². The molecule has 0 radical (unpaired) electrons. The Morgan fingerprint density at radius 1 is 1.06 bits per heavy atom. The Morgan fingerprint density at radius 2 is 1.76 bits per heavy atom. The fourth-order valence-electron chi connectivity index (χ4n) is 1.60. The summed E-state index contributed by atoms with van der Waals surface area (Å²) in [6.07, 6.45) is 2.95. The summed E-state index contributed by atoms with van der Waals surface area (Å²) in [5.41, 5.74) is 2.33. The summed E-state index contributed by atoms with van der Waals surface area (Å²) >= 11 is 0. The van der Waals surface area contributed by atoms with Crippen LogP contribution in [0.1, 0.15) is 19.4 Å². The fourth-order valence-corrected chi connectivity index (χ4v) is 1.60. The van der Waals surface area contributed by atoms with E-state index in [0.29, 0.717) is 5.75 Å². The van der Waals surface area contributed by atoms with E-state index in [0.717, 1.165) is 23.5 Å². The summed E-state index contributed by atoms with van der Waals surface area (Å²) < 4.78 is 15.9. The number of methoxy groups -OCH3 is 3. The zero-order valence-electron chi connectivity index (χ0n) is 11.2. The molecule has 0 atom stereocenters. The van der Waals surface area contributed by atoms with Crippen molar-refractivity contribution >= 4 is 0 Å². The second kappa shape index (κ2) is 6.18. The summed E-state index contributed by atoms with van der Waals surface area (Å²) in [6.45, 7) is 4.15. The number of hydrogen-bond donors (Lipinski definition) is 0. The lowest BCUT2D eigenvalue weighted by atomic mass is 10.1. The predicted octanol–water partition coefficient (Wildman–Crippen LogP) is 3.22. The first kappa shape index (κ1) is 13.4. The largest absolute Gasteiger partial charge is 0.497 e. The van der Waals surface area contributed by atoms with Gasteiger partial charge in [-0.2, -0.15) is 0 Å². The SMILES string of the molecule is COc1cc(CC=C(C)C)c(OC)c(OC)c1. The Morgan fingerprint density at radius 3 is 2.24 bits per heavy atom. The van der Waals surface area contributed by atoms with Crippen molar-refractivity contribution in [3.8, 4) is 17.2 Å². The van der Waals surface area contributed by atoms with Crippen LogP contribution in [0.4, 0.5) is 0 Å². The van der Waals surface area contributed by atoms with Crippen LogP contribution in [0.25, 0.3) is 0 Å². The molecule has 0 saturated heterocycles. The molecule has 3 nitrogen and oxygen atoms in total. The average molecular weight is 236 g/mol. The first-order valence-electron chi connectivity index (χ1n) is 5.54. The molecule has 3 heteroatoms. The first-order valence-corrected chi connectivity index (χ1v) is 5.54. The fraction of sp³-hybridized carbons (Fsp3) is 0.429. The van der Waals surface area contributed by atoms with Gasteiger partial charge in [-0.15, -0.1) is 0 Å². The van der Waals surface area contributed by atoms with Crippen molar-refractivity contribution in [1.29, 1.82) is 0 Å².